The Kier molecular flexibility index (Phi) is 5.96. The molecule has 2 N–H and O–H groups in total. The van der Waals surface area contributed by atoms with Crippen LogP contribution in [0.1, 0.15) is 12.0 Å². The van der Waals surface area contributed by atoms with Gasteiger partial charge in [-0.2, -0.15) is 0 Å². The molecule has 1 saturated heterocycles. The first-order chi connectivity index (χ1) is 17.5. The standard InChI is InChI=1S/C28H24Cl2N4O2/c29-23-14-19(15-24(30)28(23)36)17-1-7-25-22(13-17)27-18(16-32-25)2-8-26(35)34(27)21-5-3-20(4-6-21)33-11-9-31-10-12-33/h1,3-7,13-16,31,36H,2,8-12H2. The average molecular weight is 519 g/mol. The van der Waals surface area contributed by atoms with Gasteiger partial charge in [0.1, 0.15) is 0 Å². The lowest BCUT2D eigenvalue weighted by Gasteiger charge is -2.32. The number of nitrogens with zero attached hydrogens (tertiary/aromatic N) is 3. The minimum atomic E-state index is -0.136. The second kappa shape index (κ2) is 9.28. The highest BCUT2D eigenvalue weighted by molar-refractivity contribution is 6.37. The fourth-order valence-electron chi connectivity index (χ4n) is 5.07. The number of pyridine rings is 1. The van der Waals surface area contributed by atoms with Crippen LogP contribution in [0.3, 0.4) is 0 Å². The van der Waals surface area contributed by atoms with E-state index < -0.39 is 0 Å². The summed E-state index contributed by atoms with van der Waals surface area (Å²) in [7, 11) is 0. The molecule has 2 aliphatic heterocycles. The van der Waals surface area contributed by atoms with Crippen LogP contribution in [0.4, 0.5) is 17.1 Å². The molecule has 0 spiro atoms. The lowest BCUT2D eigenvalue weighted by molar-refractivity contribution is -0.118. The van der Waals surface area contributed by atoms with Crippen LogP contribution in [-0.4, -0.2) is 42.2 Å². The van der Waals surface area contributed by atoms with E-state index in [1.54, 1.807) is 12.1 Å². The molecule has 4 aromatic rings. The number of aromatic hydroxyl groups is 1. The first-order valence-corrected chi connectivity index (χ1v) is 12.7. The fraction of sp³-hybridized carbons (Fsp3) is 0.214. The number of anilines is 3. The maximum Gasteiger partial charge on any atom is 0.231 e. The molecular formula is C28H24Cl2N4O2. The summed E-state index contributed by atoms with van der Waals surface area (Å²) in [6.45, 7) is 3.88. The number of aryl methyl sites for hydroxylation is 1. The van der Waals surface area contributed by atoms with Crippen molar-refractivity contribution in [2.24, 2.45) is 0 Å². The Morgan fingerprint density at radius 2 is 1.56 bits per heavy atom. The van der Waals surface area contributed by atoms with Crippen LogP contribution in [-0.2, 0) is 11.2 Å². The zero-order valence-corrected chi connectivity index (χ0v) is 21.0. The Morgan fingerprint density at radius 1 is 0.861 bits per heavy atom. The van der Waals surface area contributed by atoms with E-state index in [4.69, 9.17) is 23.2 Å². The maximum atomic E-state index is 13.3. The number of fused-ring (bicyclic) bond motifs is 3. The summed E-state index contributed by atoms with van der Waals surface area (Å²) in [5.41, 5.74) is 6.34. The first kappa shape index (κ1) is 23.1. The van der Waals surface area contributed by atoms with E-state index in [-0.39, 0.29) is 21.7 Å². The Balaban J connectivity index is 1.46. The van der Waals surface area contributed by atoms with Crippen LogP contribution in [0.25, 0.3) is 22.0 Å². The third-order valence-corrected chi connectivity index (χ3v) is 7.51. The summed E-state index contributed by atoms with van der Waals surface area (Å²) >= 11 is 12.4. The van der Waals surface area contributed by atoms with Gasteiger partial charge in [0, 0.05) is 55.6 Å². The van der Waals surface area contributed by atoms with Gasteiger partial charge in [-0.15, -0.1) is 0 Å². The molecule has 3 aromatic carbocycles. The van der Waals surface area contributed by atoms with Crippen LogP contribution in [0.5, 0.6) is 5.75 Å². The summed E-state index contributed by atoms with van der Waals surface area (Å²) in [5, 5.41) is 14.6. The second-order valence-electron chi connectivity index (χ2n) is 9.14. The normalized spacial score (nSPS) is 15.9. The van der Waals surface area contributed by atoms with Crippen molar-refractivity contribution in [3.05, 3.63) is 76.4 Å². The van der Waals surface area contributed by atoms with Gasteiger partial charge in [-0.3, -0.25) is 14.7 Å². The van der Waals surface area contributed by atoms with Crippen LogP contribution in [0, 0.1) is 0 Å². The van der Waals surface area contributed by atoms with Gasteiger partial charge in [0.15, 0.2) is 5.75 Å². The largest absolute Gasteiger partial charge is 0.505 e. The molecule has 36 heavy (non-hydrogen) atoms. The quantitative estimate of drug-likeness (QED) is 0.351. The van der Waals surface area contributed by atoms with Crippen molar-refractivity contribution in [3.8, 4) is 16.9 Å². The number of carbonyl (C=O) groups excluding carboxylic acids is 1. The van der Waals surface area contributed by atoms with Gasteiger partial charge in [0.25, 0.3) is 0 Å². The smallest absolute Gasteiger partial charge is 0.231 e. The molecule has 0 unspecified atom stereocenters. The number of piperazine rings is 1. The molecule has 1 amide bonds. The number of hydrogen-bond donors (Lipinski definition) is 2. The Hall–Kier alpha value is -3.32. The van der Waals surface area contributed by atoms with Crippen molar-refractivity contribution in [2.45, 2.75) is 12.8 Å². The van der Waals surface area contributed by atoms with E-state index >= 15 is 0 Å². The van der Waals surface area contributed by atoms with E-state index in [2.05, 4.69) is 27.3 Å². The molecule has 0 atom stereocenters. The summed E-state index contributed by atoms with van der Waals surface area (Å²) in [6, 6.07) is 17.5. The van der Waals surface area contributed by atoms with Gasteiger partial charge in [0.2, 0.25) is 5.91 Å². The predicted octanol–water partition coefficient (Wildman–Crippen LogP) is 5.93. The van der Waals surface area contributed by atoms with Gasteiger partial charge < -0.3 is 15.3 Å². The summed E-state index contributed by atoms with van der Waals surface area (Å²) in [5.74, 6) is -0.0750. The minimum Gasteiger partial charge on any atom is -0.505 e. The summed E-state index contributed by atoms with van der Waals surface area (Å²) < 4.78 is 0. The number of amides is 1. The van der Waals surface area contributed by atoms with E-state index in [0.717, 1.165) is 70.8 Å². The van der Waals surface area contributed by atoms with E-state index in [0.29, 0.717) is 12.8 Å². The molecule has 0 aliphatic carbocycles. The van der Waals surface area contributed by atoms with Crippen molar-refractivity contribution < 1.29 is 9.90 Å². The van der Waals surface area contributed by atoms with Gasteiger partial charge in [-0.25, -0.2) is 0 Å². The van der Waals surface area contributed by atoms with Gasteiger partial charge >= 0.3 is 0 Å². The number of halogens is 2. The zero-order valence-electron chi connectivity index (χ0n) is 19.5. The molecule has 6 nitrogen and oxygen atoms in total. The predicted molar refractivity (Wildman–Crippen MR) is 146 cm³/mol. The molecular weight excluding hydrogens is 495 g/mol. The Bertz CT molecular complexity index is 1460. The molecule has 8 heteroatoms. The molecule has 0 radical (unpaired) electrons. The maximum absolute atomic E-state index is 13.3. The molecule has 3 heterocycles. The van der Waals surface area contributed by atoms with Crippen LogP contribution in [0.2, 0.25) is 10.0 Å². The van der Waals surface area contributed by atoms with E-state index in [9.17, 15) is 9.90 Å². The van der Waals surface area contributed by atoms with Crippen molar-refractivity contribution in [2.75, 3.05) is 36.0 Å². The number of aromatic nitrogens is 1. The lowest BCUT2D eigenvalue weighted by atomic mass is 9.96. The number of phenols is 1. The van der Waals surface area contributed by atoms with Crippen LogP contribution in [0.15, 0.2) is 60.8 Å². The molecule has 1 fully saturated rings. The molecule has 6 rings (SSSR count). The zero-order chi connectivity index (χ0) is 24.8. The summed E-state index contributed by atoms with van der Waals surface area (Å²) in [4.78, 5) is 22.1. The second-order valence-corrected chi connectivity index (χ2v) is 9.95. The number of rotatable bonds is 3. The third-order valence-electron chi connectivity index (χ3n) is 6.94. The Morgan fingerprint density at radius 3 is 2.28 bits per heavy atom. The fourth-order valence-corrected chi connectivity index (χ4v) is 5.55. The van der Waals surface area contributed by atoms with Gasteiger partial charge in [0.05, 0.1) is 21.2 Å². The van der Waals surface area contributed by atoms with Crippen molar-refractivity contribution in [1.82, 2.24) is 10.3 Å². The topological polar surface area (TPSA) is 68.7 Å². The number of benzene rings is 3. The highest BCUT2D eigenvalue weighted by Crippen LogP contribution is 2.42. The number of phenolic OH excluding ortho intramolecular Hbond substituents is 1. The number of nitrogens with one attached hydrogen (secondary N) is 1. The minimum absolute atomic E-state index is 0.0612. The van der Waals surface area contributed by atoms with Gasteiger partial charge in [-0.05, 0) is 71.6 Å². The van der Waals surface area contributed by atoms with Crippen molar-refractivity contribution in [3.63, 3.8) is 0 Å². The summed E-state index contributed by atoms with van der Waals surface area (Å²) in [6.07, 6.45) is 2.95. The average Bonchev–Trinajstić information content (AvgIpc) is 2.91. The molecule has 0 bridgehead atoms. The van der Waals surface area contributed by atoms with Gasteiger partial charge in [-0.1, -0.05) is 29.3 Å². The van der Waals surface area contributed by atoms with Crippen molar-refractivity contribution >= 4 is 57.1 Å². The molecule has 1 aromatic heterocycles. The lowest BCUT2D eigenvalue weighted by Crippen LogP contribution is -2.43. The highest BCUT2D eigenvalue weighted by atomic mass is 35.5. The van der Waals surface area contributed by atoms with Crippen LogP contribution >= 0.6 is 23.2 Å². The highest BCUT2D eigenvalue weighted by Gasteiger charge is 2.28. The third kappa shape index (κ3) is 4.05. The van der Waals surface area contributed by atoms with Crippen molar-refractivity contribution in [1.29, 1.82) is 0 Å². The van der Waals surface area contributed by atoms with E-state index in [1.807, 2.05) is 41.4 Å². The molecule has 182 valence electrons. The number of carbonyl (C=O) groups is 1. The molecule has 0 saturated carbocycles. The molecule has 2 aliphatic rings. The van der Waals surface area contributed by atoms with Crippen LogP contribution < -0.4 is 15.1 Å². The first-order valence-electron chi connectivity index (χ1n) is 12.0. The Labute approximate surface area is 219 Å². The van der Waals surface area contributed by atoms with E-state index in [1.165, 1.54) is 0 Å². The number of hydrogen-bond acceptors (Lipinski definition) is 5. The monoisotopic (exact) mass is 518 g/mol. The SMILES string of the molecule is O=C1CCc2cnc3ccc(-c4cc(Cl)c(O)c(Cl)c4)cc3c2N1c1ccc(N2CCNCC2)cc1.